The van der Waals surface area contributed by atoms with Gasteiger partial charge in [-0.15, -0.1) is 0 Å². The van der Waals surface area contributed by atoms with Crippen LogP contribution in [0.15, 0.2) is 0 Å². The van der Waals surface area contributed by atoms with E-state index in [1.54, 1.807) is 6.92 Å². The van der Waals surface area contributed by atoms with Gasteiger partial charge in [0.1, 0.15) is 5.54 Å². The maximum Gasteiger partial charge on any atom is 0.406 e. The first-order chi connectivity index (χ1) is 5.41. The molecule has 0 amide bonds. The molecular weight excluding hydrogens is 169 g/mol. The van der Waals surface area contributed by atoms with Crippen LogP contribution in [0.2, 0.25) is 0 Å². The summed E-state index contributed by atoms with van der Waals surface area (Å²) in [6.07, 6.45) is -3.77. The minimum absolute atomic E-state index is 0.181. The van der Waals surface area contributed by atoms with Gasteiger partial charge in [0.05, 0.1) is 0 Å². The van der Waals surface area contributed by atoms with Crippen molar-refractivity contribution in [2.75, 3.05) is 6.54 Å². The van der Waals surface area contributed by atoms with Crippen LogP contribution in [-0.4, -0.2) is 24.3 Å². The van der Waals surface area contributed by atoms with Gasteiger partial charge >= 0.3 is 6.18 Å². The Morgan fingerprint density at radius 2 is 2.00 bits per heavy atom. The first-order valence-corrected chi connectivity index (χ1v) is 3.96. The molecule has 0 radical (unpaired) electrons. The highest BCUT2D eigenvalue weighted by Gasteiger charge is 2.63. The molecule has 3 N–H and O–H groups in total. The molecule has 1 fully saturated rings. The van der Waals surface area contributed by atoms with E-state index in [1.807, 2.05) is 0 Å². The van der Waals surface area contributed by atoms with Gasteiger partial charge < -0.3 is 5.73 Å². The number of nitrogens with one attached hydrogen (secondary N) is 1. The zero-order chi connectivity index (χ0) is 9.41. The molecule has 1 aliphatic carbocycles. The van der Waals surface area contributed by atoms with Crippen molar-refractivity contribution < 1.29 is 13.2 Å². The van der Waals surface area contributed by atoms with Crippen molar-refractivity contribution >= 4 is 0 Å². The van der Waals surface area contributed by atoms with E-state index in [2.05, 4.69) is 5.32 Å². The number of halogens is 3. The van der Waals surface area contributed by atoms with Gasteiger partial charge in [-0.3, -0.25) is 5.32 Å². The van der Waals surface area contributed by atoms with Gasteiger partial charge in [-0.25, -0.2) is 0 Å². The lowest BCUT2D eigenvalue weighted by molar-refractivity contribution is -0.167. The molecule has 0 saturated heterocycles. The molecule has 1 saturated carbocycles. The van der Waals surface area contributed by atoms with Gasteiger partial charge in [-0.05, 0) is 19.8 Å². The Morgan fingerprint density at radius 3 is 2.25 bits per heavy atom. The number of alkyl halides is 3. The monoisotopic (exact) mass is 182 g/mol. The van der Waals surface area contributed by atoms with E-state index in [0.717, 1.165) is 0 Å². The highest BCUT2D eigenvalue weighted by atomic mass is 19.4. The molecule has 0 aromatic heterocycles. The molecule has 0 spiro atoms. The Hall–Kier alpha value is -0.290. The summed E-state index contributed by atoms with van der Waals surface area (Å²) in [5, 5.41) is 2.51. The maximum atomic E-state index is 12.3. The van der Waals surface area contributed by atoms with E-state index >= 15 is 0 Å². The lowest BCUT2D eigenvalue weighted by Crippen LogP contribution is -2.50. The Kier molecular flexibility index (Phi) is 2.35. The number of rotatable bonds is 3. The molecular formula is C7H13F3N2. The fourth-order valence-corrected chi connectivity index (χ4v) is 1.17. The van der Waals surface area contributed by atoms with Gasteiger partial charge in [0.25, 0.3) is 0 Å². The quantitative estimate of drug-likeness (QED) is 0.683. The Balaban J connectivity index is 2.51. The van der Waals surface area contributed by atoms with Crippen LogP contribution in [0.3, 0.4) is 0 Å². The third-order valence-electron chi connectivity index (χ3n) is 2.17. The van der Waals surface area contributed by atoms with Crippen molar-refractivity contribution in [2.24, 2.45) is 5.73 Å². The van der Waals surface area contributed by atoms with Crippen molar-refractivity contribution in [3.05, 3.63) is 0 Å². The molecule has 2 nitrogen and oxygen atoms in total. The van der Waals surface area contributed by atoms with Crippen LogP contribution in [0.5, 0.6) is 0 Å². The second kappa shape index (κ2) is 2.88. The van der Waals surface area contributed by atoms with Gasteiger partial charge in [-0.1, -0.05) is 0 Å². The molecule has 1 rings (SSSR count). The molecule has 72 valence electrons. The summed E-state index contributed by atoms with van der Waals surface area (Å²) < 4.78 is 36.9. The fourth-order valence-electron chi connectivity index (χ4n) is 1.17. The summed E-state index contributed by atoms with van der Waals surface area (Å²) in [7, 11) is 0. The Bertz CT molecular complexity index is 163. The highest BCUT2D eigenvalue weighted by molar-refractivity contribution is 5.08. The topological polar surface area (TPSA) is 38.0 Å². The standard InChI is InChI=1S/C7H13F3N2/c1-5(4-11)12-6(2-3-6)7(8,9)10/h5,12H,2-4,11H2,1H3. The minimum atomic E-state index is -4.13. The van der Waals surface area contributed by atoms with Crippen LogP contribution < -0.4 is 11.1 Å². The van der Waals surface area contributed by atoms with E-state index in [9.17, 15) is 13.2 Å². The van der Waals surface area contributed by atoms with Gasteiger partial charge in [-0.2, -0.15) is 13.2 Å². The van der Waals surface area contributed by atoms with Crippen LogP contribution in [0.4, 0.5) is 13.2 Å². The third-order valence-corrected chi connectivity index (χ3v) is 2.17. The zero-order valence-electron chi connectivity index (χ0n) is 6.91. The molecule has 0 aromatic carbocycles. The summed E-state index contributed by atoms with van der Waals surface area (Å²) >= 11 is 0. The average Bonchev–Trinajstić information content (AvgIpc) is 2.67. The molecule has 5 heteroatoms. The van der Waals surface area contributed by atoms with Crippen LogP contribution in [0.1, 0.15) is 19.8 Å². The van der Waals surface area contributed by atoms with E-state index in [0.29, 0.717) is 0 Å². The van der Waals surface area contributed by atoms with E-state index in [4.69, 9.17) is 5.73 Å². The SMILES string of the molecule is CC(CN)NC1(C(F)(F)F)CC1. The molecule has 1 atom stereocenters. The van der Waals surface area contributed by atoms with Crippen LogP contribution in [0, 0.1) is 0 Å². The van der Waals surface area contributed by atoms with Crippen molar-refractivity contribution in [3.63, 3.8) is 0 Å². The predicted molar refractivity (Wildman–Crippen MR) is 39.7 cm³/mol. The molecule has 1 aliphatic rings. The fraction of sp³-hybridized carbons (Fsp3) is 1.00. The van der Waals surface area contributed by atoms with Crippen molar-refractivity contribution in [2.45, 2.75) is 37.5 Å². The number of nitrogens with two attached hydrogens (primary N) is 1. The lowest BCUT2D eigenvalue weighted by atomic mass is 10.2. The van der Waals surface area contributed by atoms with E-state index in [1.165, 1.54) is 0 Å². The average molecular weight is 182 g/mol. The van der Waals surface area contributed by atoms with E-state index < -0.39 is 11.7 Å². The molecule has 0 aliphatic heterocycles. The second-order valence-corrected chi connectivity index (χ2v) is 3.36. The van der Waals surface area contributed by atoms with Gasteiger partial charge in [0.2, 0.25) is 0 Å². The third kappa shape index (κ3) is 1.72. The number of hydrogen-bond acceptors (Lipinski definition) is 2. The second-order valence-electron chi connectivity index (χ2n) is 3.36. The summed E-state index contributed by atoms with van der Waals surface area (Å²) in [5.41, 5.74) is 3.60. The maximum absolute atomic E-state index is 12.3. The van der Waals surface area contributed by atoms with Crippen molar-refractivity contribution in [1.82, 2.24) is 5.32 Å². The summed E-state index contributed by atoms with van der Waals surface area (Å²) in [4.78, 5) is 0. The van der Waals surface area contributed by atoms with Crippen molar-refractivity contribution in [1.29, 1.82) is 0 Å². The zero-order valence-corrected chi connectivity index (χ0v) is 6.91. The summed E-state index contributed by atoms with van der Waals surface area (Å²) in [6, 6.07) is -0.269. The van der Waals surface area contributed by atoms with Gasteiger partial charge in [0, 0.05) is 12.6 Å². The van der Waals surface area contributed by atoms with Gasteiger partial charge in [0.15, 0.2) is 0 Å². The minimum Gasteiger partial charge on any atom is -0.329 e. The summed E-state index contributed by atoms with van der Waals surface area (Å²) in [6.45, 7) is 1.89. The Labute approximate surface area is 69.3 Å². The lowest BCUT2D eigenvalue weighted by Gasteiger charge is -2.24. The molecule has 1 unspecified atom stereocenters. The number of hydrogen-bond donors (Lipinski definition) is 2. The first-order valence-electron chi connectivity index (χ1n) is 3.96. The van der Waals surface area contributed by atoms with Crippen molar-refractivity contribution in [3.8, 4) is 0 Å². The highest BCUT2D eigenvalue weighted by Crippen LogP contribution is 2.49. The largest absolute Gasteiger partial charge is 0.406 e. The summed E-state index contributed by atoms with van der Waals surface area (Å²) in [5.74, 6) is 0. The van der Waals surface area contributed by atoms with Crippen LogP contribution in [-0.2, 0) is 0 Å². The first kappa shape index (κ1) is 9.80. The van der Waals surface area contributed by atoms with Crippen LogP contribution >= 0.6 is 0 Å². The molecule has 12 heavy (non-hydrogen) atoms. The molecule has 0 aromatic rings. The predicted octanol–water partition coefficient (Wildman–Crippen LogP) is 1.02. The normalized spacial score (nSPS) is 23.8. The Morgan fingerprint density at radius 1 is 1.50 bits per heavy atom. The van der Waals surface area contributed by atoms with E-state index in [-0.39, 0.29) is 25.4 Å². The molecule has 0 bridgehead atoms. The molecule has 0 heterocycles. The van der Waals surface area contributed by atoms with Crippen LogP contribution in [0.25, 0.3) is 0 Å². The smallest absolute Gasteiger partial charge is 0.329 e.